The monoisotopic (exact) mass is 687 g/mol. The molecule has 4 aliphatic heterocycles. The highest BCUT2D eigenvalue weighted by Crippen LogP contribution is 2.54. The summed E-state index contributed by atoms with van der Waals surface area (Å²) in [4.78, 5) is 46.0. The van der Waals surface area contributed by atoms with Gasteiger partial charge in [-0.05, 0) is 92.3 Å². The number of methoxy groups -OCH3 is 1. The van der Waals surface area contributed by atoms with Crippen LogP contribution in [0.2, 0.25) is 0 Å². The first-order chi connectivity index (χ1) is 24.8. The Labute approximate surface area is 298 Å². The van der Waals surface area contributed by atoms with Gasteiger partial charge >= 0.3 is 6.09 Å². The smallest absolute Gasteiger partial charge is 0.407 e. The minimum absolute atomic E-state index is 0.0496. The van der Waals surface area contributed by atoms with Gasteiger partial charge in [-0.25, -0.2) is 14.8 Å². The van der Waals surface area contributed by atoms with E-state index in [2.05, 4.69) is 80.5 Å². The number of fused-ring (bicyclic) bond motifs is 5. The zero-order valence-electron chi connectivity index (χ0n) is 29.7. The fourth-order valence-corrected chi connectivity index (χ4v) is 8.39. The second-order valence-corrected chi connectivity index (χ2v) is 14.6. The predicted molar refractivity (Wildman–Crippen MR) is 192 cm³/mol. The van der Waals surface area contributed by atoms with E-state index in [-0.39, 0.29) is 30.1 Å². The lowest BCUT2D eigenvalue weighted by atomic mass is 9.83. The number of likely N-dealkylation sites (tertiary alicyclic amines) is 2. The number of amides is 2. The number of nitrogens with zero attached hydrogens (tertiary/aromatic N) is 4. The molecule has 0 saturated carbocycles. The Kier molecular flexibility index (Phi) is 8.90. The molecule has 4 aromatic rings. The number of rotatable bonds is 7. The van der Waals surface area contributed by atoms with Gasteiger partial charge in [0.05, 0.1) is 49.5 Å². The number of benzene rings is 2. The van der Waals surface area contributed by atoms with Crippen LogP contribution in [0.15, 0.2) is 48.8 Å². The number of ether oxygens (including phenoxy) is 2. The van der Waals surface area contributed by atoms with Crippen LogP contribution in [0.1, 0.15) is 111 Å². The van der Waals surface area contributed by atoms with Crippen LogP contribution in [-0.2, 0) is 14.3 Å². The van der Waals surface area contributed by atoms with E-state index >= 15 is 0 Å². The van der Waals surface area contributed by atoms with E-state index in [1.54, 1.807) is 6.20 Å². The lowest BCUT2D eigenvalue weighted by molar-refractivity contribution is -0.135. The van der Waals surface area contributed by atoms with Crippen molar-refractivity contribution in [2.24, 2.45) is 5.92 Å². The van der Waals surface area contributed by atoms with Crippen LogP contribution in [0.3, 0.4) is 0 Å². The molecule has 264 valence electrons. The average Bonchev–Trinajstić information content (AvgIpc) is 4.00. The van der Waals surface area contributed by atoms with Crippen molar-refractivity contribution in [2.45, 2.75) is 82.7 Å². The summed E-state index contributed by atoms with van der Waals surface area (Å²) in [6.07, 6.45) is 9.20. The van der Waals surface area contributed by atoms with Crippen LogP contribution in [0, 0.1) is 17.8 Å². The summed E-state index contributed by atoms with van der Waals surface area (Å²) in [5.41, 5.74) is 8.64. The molecule has 2 bridgehead atoms. The summed E-state index contributed by atoms with van der Waals surface area (Å²) in [6.45, 7) is 5.53. The third-order valence-corrected chi connectivity index (χ3v) is 11.1. The van der Waals surface area contributed by atoms with E-state index < -0.39 is 12.1 Å². The standard InChI is InChI=1S/C40H45N7O4/c1-23(2)36(45-40(49)50-4)39(48)47-20-6-8-31(47)38-41-21-27(43-38)15-13-26-14-16-28(35-33-18-17-32(51-33)34(26)35)24-9-11-25(12-10-24)29-22-42-37(44-29)30-7-5-19-46(30)3/h9-12,14,16,21-23,30-33,36H,5-8,17-20H2,1-4H3,(H,41,43)(H,42,44)(H,45,49)/t30-,31?,32?,33?,36?/m0/s1. The van der Waals surface area contributed by atoms with Crippen molar-refractivity contribution >= 4 is 12.0 Å². The van der Waals surface area contributed by atoms with Crippen molar-refractivity contribution in [3.8, 4) is 34.2 Å². The van der Waals surface area contributed by atoms with Crippen LogP contribution in [-0.4, -0.2) is 75.0 Å². The maximum absolute atomic E-state index is 13.5. The molecule has 4 unspecified atom stereocenters. The molecular formula is C40H45N7O4. The molecule has 4 aliphatic rings. The number of aromatic amines is 2. The highest BCUT2D eigenvalue weighted by atomic mass is 16.5. The summed E-state index contributed by atoms with van der Waals surface area (Å²) in [5.74, 6) is 8.25. The zero-order chi connectivity index (χ0) is 35.2. The SMILES string of the molecule is COC(=O)NC(C(=O)N1CCCC1c1ncc(C#Cc2ccc(-c3ccc(-c4cnc([C@@H]5CCCN5C)[nH]4)cc3)c3c2C2CCC3O2)[nH]1)C(C)C. The molecule has 2 amide bonds. The van der Waals surface area contributed by atoms with Crippen LogP contribution >= 0.6 is 0 Å². The Balaban J connectivity index is 1.02. The molecule has 0 aliphatic carbocycles. The van der Waals surface area contributed by atoms with E-state index in [4.69, 9.17) is 14.5 Å². The zero-order valence-corrected chi connectivity index (χ0v) is 29.7. The van der Waals surface area contributed by atoms with Crippen molar-refractivity contribution in [1.29, 1.82) is 0 Å². The van der Waals surface area contributed by atoms with Gasteiger partial charge in [0.15, 0.2) is 0 Å². The molecule has 3 N–H and O–H groups in total. The first kappa shape index (κ1) is 33.2. The van der Waals surface area contributed by atoms with Gasteiger partial charge in [-0.2, -0.15) is 0 Å². The fraction of sp³-hybridized carbons (Fsp3) is 0.450. The predicted octanol–water partition coefficient (Wildman–Crippen LogP) is 6.58. The summed E-state index contributed by atoms with van der Waals surface area (Å²) >= 11 is 0. The van der Waals surface area contributed by atoms with Crippen LogP contribution < -0.4 is 5.32 Å². The Morgan fingerprint density at radius 2 is 1.59 bits per heavy atom. The van der Waals surface area contributed by atoms with Gasteiger partial charge in [0, 0.05) is 17.7 Å². The molecule has 2 aromatic heterocycles. The van der Waals surface area contributed by atoms with Gasteiger partial charge in [-0.1, -0.05) is 50.1 Å². The number of hydrogen-bond acceptors (Lipinski definition) is 7. The molecule has 3 fully saturated rings. The molecule has 8 rings (SSSR count). The Morgan fingerprint density at radius 3 is 2.33 bits per heavy atom. The van der Waals surface area contributed by atoms with Crippen LogP contribution in [0.4, 0.5) is 4.79 Å². The number of carbonyl (C=O) groups excluding carboxylic acids is 2. The molecule has 0 spiro atoms. The lowest BCUT2D eigenvalue weighted by Gasteiger charge is -2.29. The largest absolute Gasteiger partial charge is 0.453 e. The number of aromatic nitrogens is 4. The van der Waals surface area contributed by atoms with E-state index in [1.165, 1.54) is 30.2 Å². The third-order valence-electron chi connectivity index (χ3n) is 11.1. The summed E-state index contributed by atoms with van der Waals surface area (Å²) in [6, 6.07) is 12.5. The molecular weight excluding hydrogens is 642 g/mol. The summed E-state index contributed by atoms with van der Waals surface area (Å²) < 4.78 is 11.2. The highest BCUT2D eigenvalue weighted by Gasteiger charge is 2.41. The first-order valence-corrected chi connectivity index (χ1v) is 18.2. The Bertz CT molecular complexity index is 2000. The number of carbonyl (C=O) groups is 2. The minimum atomic E-state index is -0.680. The second-order valence-electron chi connectivity index (χ2n) is 14.6. The maximum Gasteiger partial charge on any atom is 0.407 e. The second kappa shape index (κ2) is 13.7. The van der Waals surface area contributed by atoms with Crippen molar-refractivity contribution in [2.75, 3.05) is 27.2 Å². The normalized spacial score (nSPS) is 23.0. The lowest BCUT2D eigenvalue weighted by Crippen LogP contribution is -2.51. The van der Waals surface area contributed by atoms with Crippen LogP contribution in [0.5, 0.6) is 0 Å². The van der Waals surface area contributed by atoms with E-state index in [1.807, 2.05) is 24.9 Å². The number of imidazole rings is 2. The van der Waals surface area contributed by atoms with Gasteiger partial charge in [-0.15, -0.1) is 0 Å². The van der Waals surface area contributed by atoms with Crippen molar-refractivity contribution in [3.05, 3.63) is 82.8 Å². The fourth-order valence-electron chi connectivity index (χ4n) is 8.39. The first-order valence-electron chi connectivity index (χ1n) is 18.2. The molecule has 11 heteroatoms. The molecule has 51 heavy (non-hydrogen) atoms. The van der Waals surface area contributed by atoms with E-state index in [0.717, 1.165) is 66.9 Å². The maximum atomic E-state index is 13.5. The number of H-pyrrole nitrogens is 2. The van der Waals surface area contributed by atoms with Gasteiger partial charge in [0.2, 0.25) is 5.91 Å². The molecule has 6 heterocycles. The molecule has 5 atom stereocenters. The highest BCUT2D eigenvalue weighted by molar-refractivity contribution is 5.86. The van der Waals surface area contributed by atoms with E-state index in [9.17, 15) is 9.59 Å². The Morgan fingerprint density at radius 1 is 0.882 bits per heavy atom. The quantitative estimate of drug-likeness (QED) is 0.187. The Hall–Kier alpha value is -4.92. The third kappa shape index (κ3) is 6.21. The van der Waals surface area contributed by atoms with Crippen molar-refractivity contribution in [3.63, 3.8) is 0 Å². The topological polar surface area (TPSA) is 128 Å². The average molecular weight is 688 g/mol. The van der Waals surface area contributed by atoms with Gasteiger partial charge < -0.3 is 29.7 Å². The molecule has 11 nitrogen and oxygen atoms in total. The molecule has 0 radical (unpaired) electrons. The number of alkyl carbamates (subject to hydrolysis) is 1. The van der Waals surface area contributed by atoms with Gasteiger partial charge in [0.1, 0.15) is 23.4 Å². The van der Waals surface area contributed by atoms with Crippen molar-refractivity contribution in [1.82, 2.24) is 35.1 Å². The summed E-state index contributed by atoms with van der Waals surface area (Å²) in [5, 5.41) is 2.70. The minimum Gasteiger partial charge on any atom is -0.453 e. The van der Waals surface area contributed by atoms with Gasteiger partial charge in [-0.3, -0.25) is 9.69 Å². The van der Waals surface area contributed by atoms with Crippen molar-refractivity contribution < 1.29 is 19.1 Å². The number of nitrogens with one attached hydrogen (secondary N) is 3. The van der Waals surface area contributed by atoms with Gasteiger partial charge in [0.25, 0.3) is 0 Å². The van der Waals surface area contributed by atoms with Crippen LogP contribution in [0.25, 0.3) is 22.4 Å². The summed E-state index contributed by atoms with van der Waals surface area (Å²) in [7, 11) is 3.47. The van der Waals surface area contributed by atoms with E-state index in [0.29, 0.717) is 24.1 Å². The molecule has 3 saturated heterocycles. The number of hydrogen-bond donors (Lipinski definition) is 3. The molecule has 2 aromatic carbocycles.